The van der Waals surface area contributed by atoms with E-state index in [0.717, 1.165) is 31.7 Å². The molecule has 42 heavy (non-hydrogen) atoms. The van der Waals surface area contributed by atoms with Crippen molar-refractivity contribution >= 4 is 43.5 Å². The minimum atomic E-state index is -3.82. The molecule has 0 saturated heterocycles. The molecule has 0 fully saturated rings. The Morgan fingerprint density at radius 2 is 1.48 bits per heavy atom. The van der Waals surface area contributed by atoms with Crippen LogP contribution in [0.1, 0.15) is 51.3 Å². The van der Waals surface area contributed by atoms with Gasteiger partial charge in [0.25, 0.3) is 0 Å². The number of nitrogens with one attached hydrogen (secondary N) is 1. The summed E-state index contributed by atoms with van der Waals surface area (Å²) in [6.07, 6.45) is 1.38. The van der Waals surface area contributed by atoms with Crippen LogP contribution in [0.4, 0.5) is 5.69 Å². The number of benzene rings is 3. The van der Waals surface area contributed by atoms with Crippen LogP contribution in [0.25, 0.3) is 0 Å². The maximum atomic E-state index is 14.2. The first-order valence-corrected chi connectivity index (χ1v) is 16.7. The number of hydrogen-bond donors (Lipinski definition) is 1. The molecule has 0 aromatic heterocycles. The highest BCUT2D eigenvalue weighted by Crippen LogP contribution is 2.26. The molecule has 0 radical (unpaired) electrons. The molecule has 3 aromatic carbocycles. The van der Waals surface area contributed by atoms with Crippen molar-refractivity contribution in [2.75, 3.05) is 23.7 Å². The minimum absolute atomic E-state index is 0.111. The monoisotopic (exact) mass is 655 g/mol. The number of sulfonamides is 1. The van der Waals surface area contributed by atoms with Gasteiger partial charge in [-0.1, -0.05) is 105 Å². The maximum Gasteiger partial charge on any atom is 0.244 e. The quantitative estimate of drug-likeness (QED) is 0.262. The van der Waals surface area contributed by atoms with E-state index in [1.165, 1.54) is 4.90 Å². The summed E-state index contributed by atoms with van der Waals surface area (Å²) in [5.41, 5.74) is 3.05. The Balaban J connectivity index is 2.04. The molecule has 0 heterocycles. The van der Waals surface area contributed by atoms with Crippen LogP contribution in [-0.4, -0.2) is 50.5 Å². The van der Waals surface area contributed by atoms with Gasteiger partial charge in [-0.15, -0.1) is 0 Å². The summed E-state index contributed by atoms with van der Waals surface area (Å²) in [5, 5.41) is 3.00. The van der Waals surface area contributed by atoms with Gasteiger partial charge >= 0.3 is 0 Å². The molecule has 0 spiro atoms. The topological polar surface area (TPSA) is 86.8 Å². The van der Waals surface area contributed by atoms with Crippen LogP contribution in [0.5, 0.6) is 0 Å². The summed E-state index contributed by atoms with van der Waals surface area (Å²) in [7, 11) is -3.82. The first-order chi connectivity index (χ1) is 19.6. The molecule has 0 aliphatic heterocycles. The second-order valence-electron chi connectivity index (χ2n) is 12.1. The predicted octanol–water partition coefficient (Wildman–Crippen LogP) is 5.92. The van der Waals surface area contributed by atoms with E-state index in [0.29, 0.717) is 12.2 Å². The molecular formula is C33H42BrN3O4S. The fraction of sp³-hybridized carbons (Fsp3) is 0.394. The third kappa shape index (κ3) is 9.70. The van der Waals surface area contributed by atoms with Crippen molar-refractivity contribution in [3.05, 3.63) is 100 Å². The fourth-order valence-corrected chi connectivity index (χ4v) is 5.62. The summed E-state index contributed by atoms with van der Waals surface area (Å²) in [6.45, 7) is 10.4. The Kier molecular flexibility index (Phi) is 11.4. The molecule has 226 valence electrons. The summed E-state index contributed by atoms with van der Waals surface area (Å²) >= 11 is 3.45. The Morgan fingerprint density at radius 1 is 0.881 bits per heavy atom. The van der Waals surface area contributed by atoms with Gasteiger partial charge in [-0.2, -0.15) is 0 Å². The van der Waals surface area contributed by atoms with Crippen molar-refractivity contribution in [2.24, 2.45) is 5.92 Å². The number of amides is 2. The second kappa shape index (κ2) is 14.3. The molecule has 2 amide bonds. The predicted molar refractivity (Wildman–Crippen MR) is 174 cm³/mol. The van der Waals surface area contributed by atoms with Gasteiger partial charge in [0.05, 0.1) is 11.9 Å². The van der Waals surface area contributed by atoms with Gasteiger partial charge in [-0.3, -0.25) is 13.9 Å². The summed E-state index contributed by atoms with van der Waals surface area (Å²) < 4.78 is 28.0. The number of anilines is 1. The van der Waals surface area contributed by atoms with Crippen molar-refractivity contribution < 1.29 is 18.0 Å². The van der Waals surface area contributed by atoms with Crippen LogP contribution in [0, 0.1) is 5.92 Å². The van der Waals surface area contributed by atoms with E-state index < -0.39 is 28.5 Å². The molecule has 0 unspecified atom stereocenters. The third-order valence-electron chi connectivity index (χ3n) is 6.92. The smallest absolute Gasteiger partial charge is 0.244 e. The molecule has 0 aliphatic carbocycles. The molecule has 0 bridgehead atoms. The summed E-state index contributed by atoms with van der Waals surface area (Å²) in [4.78, 5) is 29.4. The van der Waals surface area contributed by atoms with Crippen molar-refractivity contribution in [1.29, 1.82) is 0 Å². The molecule has 3 rings (SSSR count). The number of rotatable bonds is 12. The maximum absolute atomic E-state index is 14.2. The second-order valence-corrected chi connectivity index (χ2v) is 14.9. The standard InChI is InChI=1S/C33H42BrN3O4S/c1-24(2)21-35-32(39)30(20-25-10-8-7-9-11-25)36(22-26-12-16-28(34)17-13-26)31(38)23-37(42(6,40)41)29-18-14-27(15-19-29)33(3,4)5/h7-19,24,30H,20-23H2,1-6H3,(H,35,39)/t30-/m0/s1. The largest absolute Gasteiger partial charge is 0.354 e. The zero-order chi connectivity index (χ0) is 31.1. The highest BCUT2D eigenvalue weighted by Gasteiger charge is 2.33. The van der Waals surface area contributed by atoms with E-state index in [2.05, 4.69) is 42.0 Å². The average molecular weight is 657 g/mol. The van der Waals surface area contributed by atoms with Gasteiger partial charge in [-0.25, -0.2) is 8.42 Å². The highest BCUT2D eigenvalue weighted by atomic mass is 79.9. The van der Waals surface area contributed by atoms with Gasteiger partial charge in [-0.05, 0) is 52.3 Å². The van der Waals surface area contributed by atoms with Crippen LogP contribution in [-0.2, 0) is 38.0 Å². The Morgan fingerprint density at radius 3 is 2.00 bits per heavy atom. The summed E-state index contributed by atoms with van der Waals surface area (Å²) in [5.74, 6) is -0.527. The van der Waals surface area contributed by atoms with Crippen LogP contribution in [0.2, 0.25) is 0 Å². The number of hydrogen-bond acceptors (Lipinski definition) is 4. The van der Waals surface area contributed by atoms with E-state index in [1.54, 1.807) is 12.1 Å². The van der Waals surface area contributed by atoms with Crippen molar-refractivity contribution in [3.63, 3.8) is 0 Å². The lowest BCUT2D eigenvalue weighted by Gasteiger charge is -2.33. The average Bonchev–Trinajstić information content (AvgIpc) is 2.92. The Labute approximate surface area is 259 Å². The molecule has 3 aromatic rings. The lowest BCUT2D eigenvalue weighted by molar-refractivity contribution is -0.140. The molecule has 1 atom stereocenters. The van der Waals surface area contributed by atoms with Gasteiger partial charge in [0.1, 0.15) is 12.6 Å². The van der Waals surface area contributed by atoms with Crippen molar-refractivity contribution in [2.45, 2.75) is 59.0 Å². The molecular weight excluding hydrogens is 614 g/mol. The number of halogens is 1. The SMILES string of the molecule is CC(C)CNC(=O)[C@H](Cc1ccccc1)N(Cc1ccc(Br)cc1)C(=O)CN(c1ccc(C(C)(C)C)cc1)S(C)(=O)=O. The van der Waals surface area contributed by atoms with Gasteiger partial charge in [0, 0.05) is 24.0 Å². The molecule has 1 N–H and O–H groups in total. The normalized spacial score (nSPS) is 12.6. The van der Waals surface area contributed by atoms with Crippen LogP contribution >= 0.6 is 15.9 Å². The summed E-state index contributed by atoms with van der Waals surface area (Å²) in [6, 6.07) is 23.4. The first-order valence-electron chi connectivity index (χ1n) is 14.1. The minimum Gasteiger partial charge on any atom is -0.354 e. The van der Waals surface area contributed by atoms with E-state index in [4.69, 9.17) is 0 Å². The lowest BCUT2D eigenvalue weighted by atomic mass is 9.87. The van der Waals surface area contributed by atoms with E-state index in [-0.39, 0.29) is 30.2 Å². The van der Waals surface area contributed by atoms with Crippen LogP contribution in [0.15, 0.2) is 83.3 Å². The van der Waals surface area contributed by atoms with E-state index in [1.807, 2.05) is 80.6 Å². The van der Waals surface area contributed by atoms with Gasteiger partial charge < -0.3 is 10.2 Å². The Hall–Kier alpha value is -3.17. The highest BCUT2D eigenvalue weighted by molar-refractivity contribution is 9.10. The zero-order valence-corrected chi connectivity index (χ0v) is 27.7. The van der Waals surface area contributed by atoms with Gasteiger partial charge in [0.15, 0.2) is 0 Å². The number of carbonyl (C=O) groups excluding carboxylic acids is 2. The lowest BCUT2D eigenvalue weighted by Crippen LogP contribution is -2.53. The number of carbonyl (C=O) groups is 2. The van der Waals surface area contributed by atoms with Crippen molar-refractivity contribution in [1.82, 2.24) is 10.2 Å². The van der Waals surface area contributed by atoms with Gasteiger partial charge in [0.2, 0.25) is 21.8 Å². The first kappa shape index (κ1) is 33.3. The molecule has 7 nitrogen and oxygen atoms in total. The third-order valence-corrected chi connectivity index (χ3v) is 8.59. The van der Waals surface area contributed by atoms with Crippen LogP contribution in [0.3, 0.4) is 0 Å². The molecule has 0 saturated carbocycles. The van der Waals surface area contributed by atoms with Crippen molar-refractivity contribution in [3.8, 4) is 0 Å². The van der Waals surface area contributed by atoms with Crippen LogP contribution < -0.4 is 9.62 Å². The van der Waals surface area contributed by atoms with E-state index in [9.17, 15) is 18.0 Å². The zero-order valence-electron chi connectivity index (χ0n) is 25.3. The Bertz CT molecular complexity index is 1440. The van der Waals surface area contributed by atoms with E-state index >= 15 is 0 Å². The number of nitrogens with zero attached hydrogens (tertiary/aromatic N) is 2. The molecule has 9 heteroatoms. The molecule has 0 aliphatic rings. The fourth-order valence-electron chi connectivity index (χ4n) is 4.50.